The molecule has 0 saturated carbocycles. The molecule has 0 amide bonds. The predicted octanol–water partition coefficient (Wildman–Crippen LogP) is 2.88. The number of nitrogens with zero attached hydrogens (tertiary/aromatic N) is 2. The van der Waals surface area contributed by atoms with Crippen LogP contribution in [0.3, 0.4) is 0 Å². The van der Waals surface area contributed by atoms with Crippen LogP contribution in [0.5, 0.6) is 11.6 Å². The molecular weight excluding hydrogens is 301 g/mol. The van der Waals surface area contributed by atoms with E-state index < -0.39 is 0 Å². The molecule has 0 aliphatic heterocycles. The lowest BCUT2D eigenvalue weighted by molar-refractivity contribution is 0.422. The normalized spacial score (nSPS) is 10.7. The van der Waals surface area contributed by atoms with Crippen LogP contribution in [0.1, 0.15) is 11.3 Å². The second-order valence-electron chi connectivity index (χ2n) is 3.90. The fourth-order valence-electron chi connectivity index (χ4n) is 1.74. The molecule has 0 aliphatic rings. The number of halogens is 2. The van der Waals surface area contributed by atoms with Crippen molar-refractivity contribution in [3.05, 3.63) is 39.7 Å². The van der Waals surface area contributed by atoms with Gasteiger partial charge in [-0.05, 0) is 19.1 Å². The molecule has 0 spiro atoms. The van der Waals surface area contributed by atoms with Gasteiger partial charge in [0.2, 0.25) is 5.88 Å². The van der Waals surface area contributed by atoms with Crippen LogP contribution < -0.4 is 10.5 Å². The molecule has 2 aromatic rings. The van der Waals surface area contributed by atoms with Crippen molar-refractivity contribution in [3.63, 3.8) is 0 Å². The highest BCUT2D eigenvalue weighted by atomic mass is 79.9. The molecule has 2 rings (SSSR count). The minimum Gasteiger partial charge on any atom is -0.439 e. The largest absolute Gasteiger partial charge is 0.439 e. The average Bonchev–Trinajstić information content (AvgIpc) is 2.52. The van der Waals surface area contributed by atoms with E-state index >= 15 is 0 Å². The number of ether oxygens (including phenoxy) is 1. The maximum absolute atomic E-state index is 13.3. The van der Waals surface area contributed by atoms with Crippen LogP contribution in [0.4, 0.5) is 4.39 Å². The molecule has 0 fully saturated rings. The molecule has 0 radical (unpaired) electrons. The molecule has 0 saturated heterocycles. The van der Waals surface area contributed by atoms with Gasteiger partial charge >= 0.3 is 0 Å². The molecule has 18 heavy (non-hydrogen) atoms. The molecule has 0 bridgehead atoms. The summed E-state index contributed by atoms with van der Waals surface area (Å²) in [5.41, 5.74) is 7.29. The van der Waals surface area contributed by atoms with E-state index in [1.807, 2.05) is 6.92 Å². The van der Waals surface area contributed by atoms with Crippen molar-refractivity contribution in [3.8, 4) is 11.6 Å². The van der Waals surface area contributed by atoms with E-state index in [1.54, 1.807) is 17.8 Å². The van der Waals surface area contributed by atoms with Gasteiger partial charge in [-0.2, -0.15) is 5.10 Å². The number of nitrogens with two attached hydrogens (primary N) is 1. The summed E-state index contributed by atoms with van der Waals surface area (Å²) in [6.45, 7) is 2.18. The van der Waals surface area contributed by atoms with Gasteiger partial charge in [-0.15, -0.1) is 0 Å². The van der Waals surface area contributed by atoms with E-state index in [1.165, 1.54) is 12.1 Å². The molecule has 6 heteroatoms. The van der Waals surface area contributed by atoms with Crippen LogP contribution in [0.15, 0.2) is 22.7 Å². The van der Waals surface area contributed by atoms with Gasteiger partial charge in [0.25, 0.3) is 0 Å². The molecule has 4 nitrogen and oxygen atoms in total. The van der Waals surface area contributed by atoms with E-state index in [4.69, 9.17) is 10.5 Å². The van der Waals surface area contributed by atoms with Crippen LogP contribution in [-0.4, -0.2) is 9.78 Å². The molecule has 1 aromatic heterocycles. The third kappa shape index (κ3) is 2.54. The van der Waals surface area contributed by atoms with E-state index in [-0.39, 0.29) is 5.82 Å². The zero-order valence-electron chi connectivity index (χ0n) is 10.1. The van der Waals surface area contributed by atoms with Gasteiger partial charge in [0, 0.05) is 24.1 Å². The van der Waals surface area contributed by atoms with E-state index in [2.05, 4.69) is 21.0 Å². The number of aryl methyl sites for hydroxylation is 2. The first-order valence-corrected chi connectivity index (χ1v) is 6.17. The zero-order valence-corrected chi connectivity index (χ0v) is 11.7. The second kappa shape index (κ2) is 5.07. The highest BCUT2D eigenvalue weighted by molar-refractivity contribution is 9.10. The summed E-state index contributed by atoms with van der Waals surface area (Å²) in [5.74, 6) is 0.569. The number of hydrogen-bond donors (Lipinski definition) is 1. The predicted molar refractivity (Wildman–Crippen MR) is 70.0 cm³/mol. The highest BCUT2D eigenvalue weighted by Gasteiger charge is 2.14. The molecule has 1 aromatic carbocycles. The summed E-state index contributed by atoms with van der Waals surface area (Å²) in [6, 6.07) is 4.37. The Morgan fingerprint density at radius 2 is 2.17 bits per heavy atom. The van der Waals surface area contributed by atoms with Gasteiger partial charge in [0.1, 0.15) is 11.6 Å². The van der Waals surface area contributed by atoms with E-state index in [0.29, 0.717) is 22.6 Å². The summed E-state index contributed by atoms with van der Waals surface area (Å²) in [6.07, 6.45) is 0. The molecule has 96 valence electrons. The van der Waals surface area contributed by atoms with Gasteiger partial charge in [0.05, 0.1) is 11.3 Å². The first-order valence-electron chi connectivity index (χ1n) is 5.37. The van der Waals surface area contributed by atoms with Gasteiger partial charge < -0.3 is 10.5 Å². The maximum Gasteiger partial charge on any atom is 0.222 e. The van der Waals surface area contributed by atoms with Crippen molar-refractivity contribution in [2.45, 2.75) is 13.5 Å². The third-order valence-corrected chi connectivity index (χ3v) is 3.00. The summed E-state index contributed by atoms with van der Waals surface area (Å²) >= 11 is 3.22. The van der Waals surface area contributed by atoms with Crippen LogP contribution >= 0.6 is 15.9 Å². The SMILES string of the molecule is Cc1nn(C)c(Oc2cc(F)cc(Br)c2)c1CN. The van der Waals surface area contributed by atoms with Crippen molar-refractivity contribution >= 4 is 15.9 Å². The van der Waals surface area contributed by atoms with Crippen LogP contribution in [-0.2, 0) is 13.6 Å². The molecule has 0 atom stereocenters. The van der Waals surface area contributed by atoms with Crippen molar-refractivity contribution in [2.24, 2.45) is 12.8 Å². The second-order valence-corrected chi connectivity index (χ2v) is 4.82. The summed E-state index contributed by atoms with van der Waals surface area (Å²) < 4.78 is 21.1. The Hall–Kier alpha value is -1.40. The minimum absolute atomic E-state index is 0.325. The average molecular weight is 314 g/mol. The van der Waals surface area contributed by atoms with Crippen LogP contribution in [0.2, 0.25) is 0 Å². The van der Waals surface area contributed by atoms with Crippen molar-refractivity contribution < 1.29 is 9.13 Å². The highest BCUT2D eigenvalue weighted by Crippen LogP contribution is 2.29. The Kier molecular flexibility index (Phi) is 3.68. The standard InChI is InChI=1S/C12H13BrFN3O/c1-7-11(6-15)12(17(2)16-7)18-10-4-8(13)3-9(14)5-10/h3-5H,6,15H2,1-2H3. The lowest BCUT2D eigenvalue weighted by Crippen LogP contribution is -2.01. The number of rotatable bonds is 3. The lowest BCUT2D eigenvalue weighted by atomic mass is 10.2. The fraction of sp³-hybridized carbons (Fsp3) is 0.250. The van der Waals surface area contributed by atoms with E-state index in [9.17, 15) is 4.39 Å². The summed E-state index contributed by atoms with van der Waals surface area (Å²) in [7, 11) is 1.76. The topological polar surface area (TPSA) is 53.1 Å². The van der Waals surface area contributed by atoms with Crippen LogP contribution in [0, 0.1) is 12.7 Å². The molecular formula is C12H13BrFN3O. The molecule has 1 heterocycles. The van der Waals surface area contributed by atoms with Crippen molar-refractivity contribution in [1.29, 1.82) is 0 Å². The smallest absolute Gasteiger partial charge is 0.222 e. The summed E-state index contributed by atoms with van der Waals surface area (Å²) in [4.78, 5) is 0. The van der Waals surface area contributed by atoms with Gasteiger partial charge in [-0.3, -0.25) is 0 Å². The number of hydrogen-bond acceptors (Lipinski definition) is 3. The number of benzene rings is 1. The zero-order chi connectivity index (χ0) is 13.3. The van der Waals surface area contributed by atoms with Crippen molar-refractivity contribution in [1.82, 2.24) is 9.78 Å². The quantitative estimate of drug-likeness (QED) is 0.948. The molecule has 0 aliphatic carbocycles. The van der Waals surface area contributed by atoms with Crippen LogP contribution in [0.25, 0.3) is 0 Å². The van der Waals surface area contributed by atoms with Gasteiger partial charge in [-0.1, -0.05) is 15.9 Å². The van der Waals surface area contributed by atoms with Crippen molar-refractivity contribution in [2.75, 3.05) is 0 Å². The number of aromatic nitrogens is 2. The van der Waals surface area contributed by atoms with Gasteiger partial charge in [-0.25, -0.2) is 9.07 Å². The Morgan fingerprint density at radius 3 is 2.78 bits per heavy atom. The monoisotopic (exact) mass is 313 g/mol. The Labute approximate surface area is 113 Å². The Bertz CT molecular complexity index is 563. The Morgan fingerprint density at radius 1 is 1.44 bits per heavy atom. The summed E-state index contributed by atoms with van der Waals surface area (Å²) in [5, 5.41) is 4.23. The molecule has 2 N–H and O–H groups in total. The van der Waals surface area contributed by atoms with E-state index in [0.717, 1.165) is 11.3 Å². The first-order chi connectivity index (χ1) is 8.51. The molecule has 0 unspecified atom stereocenters. The van der Waals surface area contributed by atoms with Gasteiger partial charge in [0.15, 0.2) is 0 Å². The fourth-order valence-corrected chi connectivity index (χ4v) is 2.19. The third-order valence-electron chi connectivity index (χ3n) is 2.54. The lowest BCUT2D eigenvalue weighted by Gasteiger charge is -2.08. The Balaban J connectivity index is 2.39. The minimum atomic E-state index is -0.368. The first kappa shape index (κ1) is 13.0. The maximum atomic E-state index is 13.3.